The fourth-order valence-electron chi connectivity index (χ4n) is 3.00. The topological polar surface area (TPSA) is 40.6 Å². The van der Waals surface area contributed by atoms with Crippen LogP contribution in [0.4, 0.5) is 5.69 Å². The van der Waals surface area contributed by atoms with E-state index in [0.717, 1.165) is 18.5 Å². The van der Waals surface area contributed by atoms with Crippen molar-refractivity contribution in [3.8, 4) is 0 Å². The van der Waals surface area contributed by atoms with Gasteiger partial charge in [-0.2, -0.15) is 0 Å². The van der Waals surface area contributed by atoms with Gasteiger partial charge in [0, 0.05) is 31.7 Å². The smallest absolute Gasteiger partial charge is 0.232 e. The fourth-order valence-corrected chi connectivity index (χ4v) is 3.00. The first kappa shape index (κ1) is 13.2. The van der Waals surface area contributed by atoms with Crippen LogP contribution >= 0.6 is 0 Å². The first-order valence-electron chi connectivity index (χ1n) is 7.29. The van der Waals surface area contributed by atoms with Crippen molar-refractivity contribution < 1.29 is 9.59 Å². The molecule has 0 bridgehead atoms. The van der Waals surface area contributed by atoms with Gasteiger partial charge >= 0.3 is 0 Å². The summed E-state index contributed by atoms with van der Waals surface area (Å²) in [7, 11) is 1.79. The predicted octanol–water partition coefficient (Wildman–Crippen LogP) is 2.05. The Morgan fingerprint density at radius 3 is 2.55 bits per heavy atom. The lowest BCUT2D eigenvalue weighted by Gasteiger charge is -2.34. The molecule has 1 unspecified atom stereocenters. The summed E-state index contributed by atoms with van der Waals surface area (Å²) in [5.74, 6) is 0.00851. The standard InChI is InChI=1S/C16H20N2O2/c1-17(13-6-3-2-4-7-13)16(20)12-10-15(19)18(11-12)14-8-5-9-14/h2-4,6-7,12,14H,5,8-11H2,1H3. The third-order valence-electron chi connectivity index (χ3n) is 4.50. The number of carbonyl (C=O) groups excluding carboxylic acids is 2. The second kappa shape index (κ2) is 5.27. The normalized spacial score (nSPS) is 22.8. The van der Waals surface area contributed by atoms with Crippen molar-refractivity contribution in [2.45, 2.75) is 31.7 Å². The minimum Gasteiger partial charge on any atom is -0.339 e. The second-order valence-corrected chi connectivity index (χ2v) is 5.76. The zero-order chi connectivity index (χ0) is 14.1. The van der Waals surface area contributed by atoms with Gasteiger partial charge in [-0.05, 0) is 31.4 Å². The zero-order valence-corrected chi connectivity index (χ0v) is 11.8. The van der Waals surface area contributed by atoms with Crippen LogP contribution in [0.5, 0.6) is 0 Å². The molecule has 4 heteroatoms. The Balaban J connectivity index is 1.67. The Morgan fingerprint density at radius 2 is 1.95 bits per heavy atom. The number of hydrogen-bond donors (Lipinski definition) is 0. The number of para-hydroxylation sites is 1. The van der Waals surface area contributed by atoms with E-state index in [0.29, 0.717) is 19.0 Å². The molecule has 2 amide bonds. The first-order valence-corrected chi connectivity index (χ1v) is 7.29. The summed E-state index contributed by atoms with van der Waals surface area (Å²) in [5.41, 5.74) is 0.882. The van der Waals surface area contributed by atoms with Crippen LogP contribution in [0, 0.1) is 5.92 Å². The molecule has 1 heterocycles. The lowest BCUT2D eigenvalue weighted by Crippen LogP contribution is -2.42. The lowest BCUT2D eigenvalue weighted by molar-refractivity contribution is -0.131. The van der Waals surface area contributed by atoms with Crippen LogP contribution in [-0.4, -0.2) is 36.3 Å². The number of hydrogen-bond acceptors (Lipinski definition) is 2. The van der Waals surface area contributed by atoms with Gasteiger partial charge in [-0.1, -0.05) is 18.2 Å². The molecule has 20 heavy (non-hydrogen) atoms. The number of likely N-dealkylation sites (tertiary alicyclic amines) is 1. The van der Waals surface area contributed by atoms with E-state index in [-0.39, 0.29) is 17.7 Å². The minimum absolute atomic E-state index is 0.0476. The maximum Gasteiger partial charge on any atom is 0.232 e. The highest BCUT2D eigenvalue weighted by atomic mass is 16.2. The largest absolute Gasteiger partial charge is 0.339 e. The Labute approximate surface area is 119 Å². The minimum atomic E-state index is -0.187. The second-order valence-electron chi connectivity index (χ2n) is 5.76. The molecule has 106 valence electrons. The van der Waals surface area contributed by atoms with Gasteiger partial charge in [-0.3, -0.25) is 9.59 Å². The van der Waals surface area contributed by atoms with Crippen LogP contribution in [0.3, 0.4) is 0 Å². The summed E-state index contributed by atoms with van der Waals surface area (Å²) < 4.78 is 0. The molecule has 1 saturated heterocycles. The quantitative estimate of drug-likeness (QED) is 0.845. The number of anilines is 1. The number of carbonyl (C=O) groups is 2. The van der Waals surface area contributed by atoms with Crippen molar-refractivity contribution in [2.24, 2.45) is 5.92 Å². The maximum absolute atomic E-state index is 12.5. The molecular formula is C16H20N2O2. The number of rotatable bonds is 3. The van der Waals surface area contributed by atoms with Gasteiger partial charge in [-0.25, -0.2) is 0 Å². The third-order valence-corrected chi connectivity index (χ3v) is 4.50. The van der Waals surface area contributed by atoms with Gasteiger partial charge in [0.2, 0.25) is 11.8 Å². The van der Waals surface area contributed by atoms with E-state index in [9.17, 15) is 9.59 Å². The summed E-state index contributed by atoms with van der Waals surface area (Å²) in [6, 6.07) is 9.98. The van der Waals surface area contributed by atoms with Crippen molar-refractivity contribution in [3.63, 3.8) is 0 Å². The van der Waals surface area contributed by atoms with Crippen molar-refractivity contribution >= 4 is 17.5 Å². The summed E-state index contributed by atoms with van der Waals surface area (Å²) in [6.45, 7) is 0.597. The molecule has 1 atom stereocenters. The van der Waals surface area contributed by atoms with Crippen molar-refractivity contribution in [2.75, 3.05) is 18.5 Å². The fraction of sp³-hybridized carbons (Fsp3) is 0.500. The molecule has 1 aromatic carbocycles. The molecule has 0 spiro atoms. The highest BCUT2D eigenvalue weighted by Gasteiger charge is 2.40. The lowest BCUT2D eigenvalue weighted by atomic mass is 9.92. The number of nitrogens with zero attached hydrogens (tertiary/aromatic N) is 2. The van der Waals surface area contributed by atoms with Crippen LogP contribution in [0.15, 0.2) is 30.3 Å². The molecule has 0 N–H and O–H groups in total. The molecule has 1 aliphatic carbocycles. The van der Waals surface area contributed by atoms with Crippen LogP contribution in [0.1, 0.15) is 25.7 Å². The Bertz CT molecular complexity index is 510. The summed E-state index contributed by atoms with van der Waals surface area (Å²) in [5, 5.41) is 0. The van der Waals surface area contributed by atoms with Gasteiger partial charge in [0.25, 0.3) is 0 Å². The molecule has 2 aliphatic rings. The van der Waals surface area contributed by atoms with Gasteiger partial charge in [0.15, 0.2) is 0 Å². The molecule has 1 aromatic rings. The zero-order valence-electron chi connectivity index (χ0n) is 11.8. The molecule has 2 fully saturated rings. The van der Waals surface area contributed by atoms with Crippen LogP contribution in [0.25, 0.3) is 0 Å². The first-order chi connectivity index (χ1) is 9.66. The Morgan fingerprint density at radius 1 is 1.25 bits per heavy atom. The monoisotopic (exact) mass is 272 g/mol. The molecule has 0 aromatic heterocycles. The van der Waals surface area contributed by atoms with Gasteiger partial charge in [-0.15, -0.1) is 0 Å². The van der Waals surface area contributed by atoms with E-state index in [1.807, 2.05) is 35.2 Å². The summed E-state index contributed by atoms with van der Waals surface area (Å²) >= 11 is 0. The average Bonchev–Trinajstić information content (AvgIpc) is 2.78. The Hall–Kier alpha value is -1.84. The van der Waals surface area contributed by atoms with Crippen molar-refractivity contribution in [1.82, 2.24) is 4.90 Å². The van der Waals surface area contributed by atoms with E-state index >= 15 is 0 Å². The average molecular weight is 272 g/mol. The number of amides is 2. The van der Waals surface area contributed by atoms with Gasteiger partial charge < -0.3 is 9.80 Å². The van der Waals surface area contributed by atoms with Crippen molar-refractivity contribution in [3.05, 3.63) is 30.3 Å². The molecule has 1 aliphatic heterocycles. The molecule has 1 saturated carbocycles. The Kier molecular flexibility index (Phi) is 3.47. The highest BCUT2D eigenvalue weighted by molar-refractivity contribution is 5.98. The third kappa shape index (κ3) is 2.30. The SMILES string of the molecule is CN(C(=O)C1CC(=O)N(C2CCC2)C1)c1ccccc1. The van der Waals surface area contributed by atoms with E-state index in [1.54, 1.807) is 11.9 Å². The number of benzene rings is 1. The summed E-state index contributed by atoms with van der Waals surface area (Å²) in [6.07, 6.45) is 3.77. The maximum atomic E-state index is 12.5. The predicted molar refractivity (Wildman–Crippen MR) is 77.3 cm³/mol. The van der Waals surface area contributed by atoms with Crippen LogP contribution < -0.4 is 4.90 Å². The molecule has 3 rings (SSSR count). The molecule has 0 radical (unpaired) electrons. The van der Waals surface area contributed by atoms with Crippen molar-refractivity contribution in [1.29, 1.82) is 0 Å². The van der Waals surface area contributed by atoms with E-state index in [2.05, 4.69) is 0 Å². The van der Waals surface area contributed by atoms with E-state index in [1.165, 1.54) is 6.42 Å². The summed E-state index contributed by atoms with van der Waals surface area (Å²) in [4.78, 5) is 28.1. The van der Waals surface area contributed by atoms with E-state index in [4.69, 9.17) is 0 Å². The highest BCUT2D eigenvalue weighted by Crippen LogP contribution is 2.31. The van der Waals surface area contributed by atoms with Crippen LogP contribution in [0.2, 0.25) is 0 Å². The van der Waals surface area contributed by atoms with Gasteiger partial charge in [0.1, 0.15) is 0 Å². The van der Waals surface area contributed by atoms with Gasteiger partial charge in [0.05, 0.1) is 5.92 Å². The molecule has 4 nitrogen and oxygen atoms in total. The van der Waals surface area contributed by atoms with E-state index < -0.39 is 0 Å². The van der Waals surface area contributed by atoms with Crippen LogP contribution in [-0.2, 0) is 9.59 Å². The molecular weight excluding hydrogens is 252 g/mol.